The molecule has 0 amide bonds. The van der Waals surface area contributed by atoms with E-state index in [1.165, 1.54) is 6.42 Å². The number of rotatable bonds is 9. The van der Waals surface area contributed by atoms with Gasteiger partial charge in [-0.15, -0.1) is 0 Å². The largest absolute Gasteiger partial charge is 0.391 e. The van der Waals surface area contributed by atoms with Gasteiger partial charge in [0.1, 0.15) is 0 Å². The topological polar surface area (TPSA) is 95.6 Å². The van der Waals surface area contributed by atoms with Crippen LogP contribution in [-0.4, -0.2) is 40.1 Å². The monoisotopic (exact) mass is 406 g/mol. The summed E-state index contributed by atoms with van der Waals surface area (Å²) in [6.07, 6.45) is 6.70. The minimum absolute atomic E-state index is 0.00561. The molecule has 1 aromatic carbocycles. The zero-order valence-electron chi connectivity index (χ0n) is 16.5. The summed E-state index contributed by atoms with van der Waals surface area (Å²) < 4.78 is 17.7. The molecule has 0 spiro atoms. The van der Waals surface area contributed by atoms with Crippen molar-refractivity contribution in [2.45, 2.75) is 51.2 Å². The number of aliphatic hydroxyl groups is 1. The molecule has 1 aliphatic carbocycles. The van der Waals surface area contributed by atoms with Crippen LogP contribution >= 0.6 is 7.37 Å². The lowest BCUT2D eigenvalue weighted by atomic mass is 9.91. The van der Waals surface area contributed by atoms with E-state index < -0.39 is 13.5 Å². The molecule has 1 saturated carbocycles. The Morgan fingerprint density at radius 3 is 2.79 bits per heavy atom. The summed E-state index contributed by atoms with van der Waals surface area (Å²) in [6.45, 7) is 2.29. The standard InChI is InChI=1S/C21H31N2O4P/c1-16(18-8-5-9-19(12-18)21-10-11-23-27-21)22-13-20(24)15-28(25,26)14-17-6-3-2-4-7-17/h5,8-12,16-17,20,22,24H,2-4,6-7,13-15H2,1H3,(H,25,26)/t16?,20-/m0/s1. The molecule has 1 aromatic heterocycles. The quantitative estimate of drug-likeness (QED) is 0.540. The third-order valence-corrected chi connectivity index (χ3v) is 7.61. The first-order chi connectivity index (χ1) is 13.4. The number of aliphatic hydroxyl groups excluding tert-OH is 1. The highest BCUT2D eigenvalue weighted by molar-refractivity contribution is 7.58. The van der Waals surface area contributed by atoms with Gasteiger partial charge in [0, 0.05) is 30.4 Å². The SMILES string of the molecule is CC(NC[C@H](O)CP(=O)(O)CC1CCCCC1)c1cccc(-c2ccno2)c1. The first-order valence-electron chi connectivity index (χ1n) is 10.2. The van der Waals surface area contributed by atoms with Crippen LogP contribution in [0.1, 0.15) is 50.6 Å². The van der Waals surface area contributed by atoms with Crippen LogP contribution in [0.3, 0.4) is 0 Å². The number of benzene rings is 1. The van der Waals surface area contributed by atoms with Gasteiger partial charge in [-0.25, -0.2) is 0 Å². The molecule has 1 aliphatic rings. The zero-order chi connectivity index (χ0) is 20.0. The first-order valence-corrected chi connectivity index (χ1v) is 12.2. The Hall–Kier alpha value is -1.46. The van der Waals surface area contributed by atoms with Crippen molar-refractivity contribution in [3.8, 4) is 11.3 Å². The lowest BCUT2D eigenvalue weighted by Crippen LogP contribution is -2.32. The number of aromatic nitrogens is 1. The van der Waals surface area contributed by atoms with Gasteiger partial charge in [0.25, 0.3) is 0 Å². The van der Waals surface area contributed by atoms with Crippen LogP contribution in [0, 0.1) is 5.92 Å². The second-order valence-corrected chi connectivity index (χ2v) is 10.4. The number of nitrogens with zero attached hydrogens (tertiary/aromatic N) is 1. The van der Waals surface area contributed by atoms with Gasteiger partial charge < -0.3 is 19.8 Å². The van der Waals surface area contributed by atoms with E-state index >= 15 is 0 Å². The van der Waals surface area contributed by atoms with Crippen molar-refractivity contribution in [2.24, 2.45) is 5.92 Å². The van der Waals surface area contributed by atoms with Crippen LogP contribution < -0.4 is 5.32 Å². The van der Waals surface area contributed by atoms with Crippen molar-refractivity contribution in [1.82, 2.24) is 10.5 Å². The molecule has 6 nitrogen and oxygen atoms in total. The van der Waals surface area contributed by atoms with E-state index in [-0.39, 0.29) is 18.7 Å². The fraction of sp³-hybridized carbons (Fsp3) is 0.571. The van der Waals surface area contributed by atoms with E-state index in [4.69, 9.17) is 4.52 Å². The Labute approximate surface area is 166 Å². The van der Waals surface area contributed by atoms with Crippen molar-refractivity contribution in [2.75, 3.05) is 18.9 Å². The summed E-state index contributed by atoms with van der Waals surface area (Å²) in [5.41, 5.74) is 1.99. The molecular formula is C21H31N2O4P. The molecule has 7 heteroatoms. The molecule has 0 saturated heterocycles. The molecular weight excluding hydrogens is 375 g/mol. The fourth-order valence-electron chi connectivity index (χ4n) is 4.00. The number of hydrogen-bond acceptors (Lipinski definition) is 5. The summed E-state index contributed by atoms with van der Waals surface area (Å²) >= 11 is 0. The third-order valence-electron chi connectivity index (χ3n) is 5.53. The van der Waals surface area contributed by atoms with E-state index in [2.05, 4.69) is 10.5 Å². The molecule has 2 aromatic rings. The van der Waals surface area contributed by atoms with Gasteiger partial charge in [0.2, 0.25) is 7.37 Å². The summed E-state index contributed by atoms with van der Waals surface area (Å²) in [6, 6.07) is 9.74. The fourth-order valence-corrected chi connectivity index (χ4v) is 6.11. The van der Waals surface area contributed by atoms with Crippen LogP contribution in [-0.2, 0) is 4.57 Å². The van der Waals surface area contributed by atoms with Gasteiger partial charge in [-0.1, -0.05) is 42.6 Å². The Kier molecular flexibility index (Phi) is 7.47. The Morgan fingerprint density at radius 1 is 1.29 bits per heavy atom. The number of hydrogen-bond donors (Lipinski definition) is 3. The maximum Gasteiger partial charge on any atom is 0.203 e. The molecule has 3 rings (SSSR count). The van der Waals surface area contributed by atoms with Crippen molar-refractivity contribution in [1.29, 1.82) is 0 Å². The molecule has 0 aliphatic heterocycles. The third kappa shape index (κ3) is 6.28. The minimum atomic E-state index is -3.30. The molecule has 3 atom stereocenters. The Balaban J connectivity index is 1.49. The second kappa shape index (κ2) is 9.84. The zero-order valence-corrected chi connectivity index (χ0v) is 17.4. The van der Waals surface area contributed by atoms with Crippen molar-refractivity contribution in [3.05, 3.63) is 42.1 Å². The number of nitrogens with one attached hydrogen (secondary N) is 1. The maximum absolute atomic E-state index is 12.5. The molecule has 1 fully saturated rings. The molecule has 2 unspecified atom stereocenters. The summed E-state index contributed by atoms with van der Waals surface area (Å²) in [4.78, 5) is 10.3. The summed E-state index contributed by atoms with van der Waals surface area (Å²) in [7, 11) is -3.30. The van der Waals surface area contributed by atoms with Gasteiger partial charge in [-0.05, 0) is 37.3 Å². The van der Waals surface area contributed by atoms with Gasteiger partial charge in [0.15, 0.2) is 5.76 Å². The molecule has 1 heterocycles. The van der Waals surface area contributed by atoms with Crippen LogP contribution in [0.25, 0.3) is 11.3 Å². The van der Waals surface area contributed by atoms with E-state index in [1.807, 2.05) is 37.3 Å². The van der Waals surface area contributed by atoms with Crippen LogP contribution in [0.4, 0.5) is 0 Å². The highest BCUT2D eigenvalue weighted by Crippen LogP contribution is 2.45. The van der Waals surface area contributed by atoms with Gasteiger partial charge in [0.05, 0.1) is 18.5 Å². The molecule has 0 radical (unpaired) electrons. The highest BCUT2D eigenvalue weighted by atomic mass is 31.2. The van der Waals surface area contributed by atoms with Crippen LogP contribution in [0.5, 0.6) is 0 Å². The molecule has 3 N–H and O–H groups in total. The lowest BCUT2D eigenvalue weighted by Gasteiger charge is -2.25. The average Bonchev–Trinajstić information content (AvgIpc) is 3.21. The summed E-state index contributed by atoms with van der Waals surface area (Å²) in [5, 5.41) is 17.3. The average molecular weight is 406 g/mol. The smallest absolute Gasteiger partial charge is 0.203 e. The predicted molar refractivity (Wildman–Crippen MR) is 110 cm³/mol. The predicted octanol–water partition coefficient (Wildman–Crippen LogP) is 4.20. The van der Waals surface area contributed by atoms with Crippen molar-refractivity contribution >= 4 is 7.37 Å². The van der Waals surface area contributed by atoms with E-state index in [1.54, 1.807) is 6.20 Å². The van der Waals surface area contributed by atoms with E-state index in [0.717, 1.165) is 36.8 Å². The lowest BCUT2D eigenvalue weighted by molar-refractivity contribution is 0.186. The molecule has 28 heavy (non-hydrogen) atoms. The van der Waals surface area contributed by atoms with E-state index in [0.29, 0.717) is 17.8 Å². The van der Waals surface area contributed by atoms with Gasteiger partial charge >= 0.3 is 0 Å². The molecule has 154 valence electrons. The van der Waals surface area contributed by atoms with Crippen LogP contribution in [0.2, 0.25) is 0 Å². The Bertz CT molecular complexity index is 774. The van der Waals surface area contributed by atoms with E-state index in [9.17, 15) is 14.6 Å². The summed E-state index contributed by atoms with van der Waals surface area (Å²) in [5.74, 6) is 1.04. The van der Waals surface area contributed by atoms with Gasteiger partial charge in [-0.2, -0.15) is 0 Å². The maximum atomic E-state index is 12.5. The molecule has 0 bridgehead atoms. The Morgan fingerprint density at radius 2 is 2.07 bits per heavy atom. The highest BCUT2D eigenvalue weighted by Gasteiger charge is 2.28. The van der Waals surface area contributed by atoms with Crippen molar-refractivity contribution < 1.29 is 19.1 Å². The first kappa shape index (κ1) is 21.3. The second-order valence-electron chi connectivity index (χ2n) is 8.00. The van der Waals surface area contributed by atoms with Crippen molar-refractivity contribution in [3.63, 3.8) is 0 Å². The van der Waals surface area contributed by atoms with Crippen LogP contribution in [0.15, 0.2) is 41.1 Å². The van der Waals surface area contributed by atoms with Gasteiger partial charge in [-0.3, -0.25) is 4.57 Å². The minimum Gasteiger partial charge on any atom is -0.391 e. The normalized spacial score (nSPS) is 19.8.